The lowest BCUT2D eigenvalue weighted by Gasteiger charge is -2.36. The zero-order chi connectivity index (χ0) is 22.9. The van der Waals surface area contributed by atoms with E-state index in [4.69, 9.17) is 0 Å². The molecule has 0 atom stereocenters. The number of aromatic nitrogens is 2. The van der Waals surface area contributed by atoms with Crippen LogP contribution in [0.4, 0.5) is 5.69 Å². The molecule has 0 saturated carbocycles. The fourth-order valence-electron chi connectivity index (χ4n) is 5.22. The maximum Gasteiger partial charge on any atom is 0.269 e. The van der Waals surface area contributed by atoms with Crippen molar-refractivity contribution in [1.82, 2.24) is 20.2 Å². The standard InChI is InChI=1S/C26H31N5O2/c1-3-27-26(33)22-9-10-24(17(2)28-22)31-13-11-30(12-14-31)16-18-7-8-20-19-5-4-6-21(19)25(32)29-23(20)15-18/h7-10,15H,3-6,11-14,16H2,1-2H3,(H,27,33)(H,29,32). The van der Waals surface area contributed by atoms with Crippen LogP contribution in [0.2, 0.25) is 0 Å². The quantitative estimate of drug-likeness (QED) is 0.631. The predicted octanol–water partition coefficient (Wildman–Crippen LogP) is 2.79. The highest BCUT2D eigenvalue weighted by Crippen LogP contribution is 2.27. The number of nitrogens with zero attached hydrogens (tertiary/aromatic N) is 3. The van der Waals surface area contributed by atoms with Crippen LogP contribution in [0, 0.1) is 6.92 Å². The van der Waals surface area contributed by atoms with Crippen molar-refractivity contribution in [2.75, 3.05) is 37.6 Å². The van der Waals surface area contributed by atoms with Crippen molar-refractivity contribution in [3.63, 3.8) is 0 Å². The van der Waals surface area contributed by atoms with Crippen molar-refractivity contribution >= 4 is 22.5 Å². The number of H-pyrrole nitrogens is 1. The average molecular weight is 446 g/mol. The Morgan fingerprint density at radius 3 is 2.64 bits per heavy atom. The number of hydrogen-bond acceptors (Lipinski definition) is 5. The van der Waals surface area contributed by atoms with Crippen LogP contribution in [-0.2, 0) is 19.4 Å². The number of carbonyl (C=O) groups is 1. The van der Waals surface area contributed by atoms with Crippen LogP contribution in [0.3, 0.4) is 0 Å². The zero-order valence-corrected chi connectivity index (χ0v) is 19.4. The first-order valence-corrected chi connectivity index (χ1v) is 11.9. The van der Waals surface area contributed by atoms with Gasteiger partial charge in [0.15, 0.2) is 0 Å². The van der Waals surface area contributed by atoms with Gasteiger partial charge < -0.3 is 15.2 Å². The first kappa shape index (κ1) is 21.6. The van der Waals surface area contributed by atoms with Gasteiger partial charge in [-0.25, -0.2) is 4.98 Å². The first-order chi connectivity index (χ1) is 16.0. The van der Waals surface area contributed by atoms with E-state index in [1.54, 1.807) is 0 Å². The summed E-state index contributed by atoms with van der Waals surface area (Å²) in [6.45, 7) is 9.09. The minimum atomic E-state index is -0.126. The number of rotatable bonds is 5. The second-order valence-electron chi connectivity index (χ2n) is 9.07. The van der Waals surface area contributed by atoms with Gasteiger partial charge in [-0.3, -0.25) is 14.5 Å². The molecule has 1 aromatic carbocycles. The van der Waals surface area contributed by atoms with Gasteiger partial charge in [-0.1, -0.05) is 12.1 Å². The number of aromatic amines is 1. The Balaban J connectivity index is 1.25. The Labute approximate surface area is 193 Å². The maximum absolute atomic E-state index is 12.4. The van der Waals surface area contributed by atoms with E-state index >= 15 is 0 Å². The molecule has 0 radical (unpaired) electrons. The summed E-state index contributed by atoms with van der Waals surface area (Å²) in [5.41, 5.74) is 6.96. The molecular weight excluding hydrogens is 414 g/mol. The highest BCUT2D eigenvalue weighted by atomic mass is 16.1. The van der Waals surface area contributed by atoms with Gasteiger partial charge in [0.05, 0.1) is 11.4 Å². The molecule has 7 heteroatoms. The van der Waals surface area contributed by atoms with Crippen LogP contribution in [0.5, 0.6) is 0 Å². The summed E-state index contributed by atoms with van der Waals surface area (Å²) in [7, 11) is 0. The van der Waals surface area contributed by atoms with Gasteiger partial charge in [-0.2, -0.15) is 0 Å². The number of carbonyl (C=O) groups excluding carboxylic acids is 1. The molecule has 33 heavy (non-hydrogen) atoms. The number of fused-ring (bicyclic) bond motifs is 3. The number of nitrogens with one attached hydrogen (secondary N) is 2. The van der Waals surface area contributed by atoms with E-state index < -0.39 is 0 Å². The van der Waals surface area contributed by atoms with E-state index in [0.717, 1.165) is 74.4 Å². The number of piperazine rings is 1. The molecule has 0 bridgehead atoms. The molecule has 5 rings (SSSR count). The SMILES string of the molecule is CCNC(=O)c1ccc(N2CCN(Cc3ccc4c5c(c(=O)[nH]c4c3)CCC5)CC2)c(C)n1. The van der Waals surface area contributed by atoms with Crippen molar-refractivity contribution in [3.05, 3.63) is 68.8 Å². The summed E-state index contributed by atoms with van der Waals surface area (Å²) in [4.78, 5) is 36.9. The van der Waals surface area contributed by atoms with Crippen molar-refractivity contribution in [2.24, 2.45) is 0 Å². The molecule has 1 fully saturated rings. The van der Waals surface area contributed by atoms with E-state index in [0.29, 0.717) is 12.2 Å². The molecule has 3 aromatic rings. The van der Waals surface area contributed by atoms with Crippen molar-refractivity contribution in [3.8, 4) is 0 Å². The third kappa shape index (κ3) is 4.25. The van der Waals surface area contributed by atoms with Gasteiger partial charge in [0.25, 0.3) is 11.5 Å². The van der Waals surface area contributed by atoms with Crippen LogP contribution in [-0.4, -0.2) is 53.5 Å². The Morgan fingerprint density at radius 2 is 1.88 bits per heavy atom. The molecule has 2 aromatic heterocycles. The summed E-state index contributed by atoms with van der Waals surface area (Å²) < 4.78 is 0. The van der Waals surface area contributed by atoms with Gasteiger partial charge in [-0.05, 0) is 62.4 Å². The van der Waals surface area contributed by atoms with E-state index in [1.165, 1.54) is 16.5 Å². The first-order valence-electron chi connectivity index (χ1n) is 11.9. The third-order valence-corrected chi connectivity index (χ3v) is 6.90. The van der Waals surface area contributed by atoms with Crippen LogP contribution in [0.15, 0.2) is 35.1 Å². The largest absolute Gasteiger partial charge is 0.368 e. The molecule has 2 aliphatic rings. The Bertz CT molecular complexity index is 1260. The summed E-state index contributed by atoms with van der Waals surface area (Å²) in [6, 6.07) is 10.4. The molecular formula is C26H31N5O2. The number of amides is 1. The molecule has 7 nitrogen and oxygen atoms in total. The van der Waals surface area contributed by atoms with E-state index in [1.807, 2.05) is 26.0 Å². The lowest BCUT2D eigenvalue weighted by atomic mass is 10.0. The van der Waals surface area contributed by atoms with Crippen LogP contribution in [0.25, 0.3) is 10.9 Å². The van der Waals surface area contributed by atoms with E-state index in [9.17, 15) is 9.59 Å². The summed E-state index contributed by atoms with van der Waals surface area (Å²) in [5.74, 6) is -0.126. The lowest BCUT2D eigenvalue weighted by Crippen LogP contribution is -2.46. The molecule has 0 spiro atoms. The molecule has 1 aliphatic heterocycles. The predicted molar refractivity (Wildman–Crippen MR) is 131 cm³/mol. The maximum atomic E-state index is 12.4. The third-order valence-electron chi connectivity index (χ3n) is 6.90. The Kier molecular flexibility index (Phi) is 5.89. The Hall–Kier alpha value is -3.19. The summed E-state index contributed by atoms with van der Waals surface area (Å²) >= 11 is 0. The van der Waals surface area contributed by atoms with E-state index in [2.05, 4.69) is 43.3 Å². The molecule has 2 N–H and O–H groups in total. The number of aryl methyl sites for hydroxylation is 2. The van der Waals surface area contributed by atoms with Crippen molar-refractivity contribution in [2.45, 2.75) is 39.7 Å². The van der Waals surface area contributed by atoms with Gasteiger partial charge in [-0.15, -0.1) is 0 Å². The van der Waals surface area contributed by atoms with Gasteiger partial charge in [0.1, 0.15) is 5.69 Å². The highest BCUT2D eigenvalue weighted by molar-refractivity contribution is 5.92. The summed E-state index contributed by atoms with van der Waals surface area (Å²) in [5, 5.41) is 4.01. The number of hydrogen-bond donors (Lipinski definition) is 2. The highest BCUT2D eigenvalue weighted by Gasteiger charge is 2.21. The molecule has 1 saturated heterocycles. The van der Waals surface area contributed by atoms with E-state index in [-0.39, 0.29) is 11.5 Å². The zero-order valence-electron chi connectivity index (χ0n) is 19.4. The number of anilines is 1. The molecule has 0 unspecified atom stereocenters. The second-order valence-corrected chi connectivity index (χ2v) is 9.07. The lowest BCUT2D eigenvalue weighted by molar-refractivity contribution is 0.0950. The van der Waals surface area contributed by atoms with Crippen LogP contribution < -0.4 is 15.8 Å². The fourth-order valence-corrected chi connectivity index (χ4v) is 5.22. The van der Waals surface area contributed by atoms with Gasteiger partial charge in [0.2, 0.25) is 0 Å². The second kappa shape index (κ2) is 8.98. The molecule has 1 amide bonds. The van der Waals surface area contributed by atoms with Crippen molar-refractivity contribution < 1.29 is 4.79 Å². The number of pyridine rings is 2. The monoisotopic (exact) mass is 445 g/mol. The summed E-state index contributed by atoms with van der Waals surface area (Å²) in [6.07, 6.45) is 2.99. The Morgan fingerprint density at radius 1 is 1.09 bits per heavy atom. The van der Waals surface area contributed by atoms with Gasteiger partial charge >= 0.3 is 0 Å². The number of benzene rings is 1. The van der Waals surface area contributed by atoms with Gasteiger partial charge in [0, 0.05) is 55.7 Å². The normalized spacial score (nSPS) is 16.2. The van der Waals surface area contributed by atoms with Crippen LogP contribution >= 0.6 is 0 Å². The minimum Gasteiger partial charge on any atom is -0.368 e. The fraction of sp³-hybridized carbons (Fsp3) is 0.423. The smallest absolute Gasteiger partial charge is 0.269 e. The van der Waals surface area contributed by atoms with Crippen LogP contribution in [0.1, 0.15) is 46.2 Å². The van der Waals surface area contributed by atoms with Crippen molar-refractivity contribution in [1.29, 1.82) is 0 Å². The molecule has 1 aliphatic carbocycles. The molecule has 172 valence electrons. The topological polar surface area (TPSA) is 81.3 Å². The average Bonchev–Trinajstić information content (AvgIpc) is 3.31. The molecule has 3 heterocycles. The minimum absolute atomic E-state index is 0.0861.